The minimum Gasteiger partial charge on any atom is -1.00 e. The van der Waals surface area contributed by atoms with Crippen molar-refractivity contribution in [1.82, 2.24) is 0 Å². The van der Waals surface area contributed by atoms with Crippen LogP contribution in [0.15, 0.2) is 86.5 Å². The van der Waals surface area contributed by atoms with Gasteiger partial charge < -0.3 is 12.4 Å². The van der Waals surface area contributed by atoms with Crippen molar-refractivity contribution >= 4 is 12.2 Å². The van der Waals surface area contributed by atoms with Gasteiger partial charge in [0.15, 0.2) is 37.9 Å². The van der Waals surface area contributed by atoms with Crippen molar-refractivity contribution in [3.05, 3.63) is 109 Å². The smallest absolute Gasteiger partial charge is 0.173 e. The number of pyridine rings is 2. The van der Waals surface area contributed by atoms with Crippen LogP contribution in [0.1, 0.15) is 22.3 Å². The first-order valence-electron chi connectivity index (χ1n) is 8.08. The molecule has 2 nitrogen and oxygen atoms in total. The Morgan fingerprint density at radius 2 is 0.920 bits per heavy atom. The molecule has 0 amide bonds. The summed E-state index contributed by atoms with van der Waals surface area (Å²) in [5.74, 6) is 0. The number of hydrogen-bond donors (Lipinski definition) is 0. The first-order valence-corrected chi connectivity index (χ1v) is 8.08. The lowest BCUT2D eigenvalue weighted by atomic mass is 10.1. The highest BCUT2D eigenvalue weighted by Gasteiger charge is 2.05. The lowest BCUT2D eigenvalue weighted by Gasteiger charge is -2.01. The molecule has 3 heteroatoms. The third-order valence-corrected chi connectivity index (χ3v) is 4.06. The van der Waals surface area contributed by atoms with E-state index in [1.807, 2.05) is 12.2 Å². The summed E-state index contributed by atoms with van der Waals surface area (Å²) in [4.78, 5) is 0. The molecule has 0 saturated carbocycles. The van der Waals surface area contributed by atoms with Crippen LogP contribution in [-0.2, 0) is 13.1 Å². The second kappa shape index (κ2) is 8.95. The van der Waals surface area contributed by atoms with Crippen molar-refractivity contribution in [3.8, 4) is 0 Å². The Balaban J connectivity index is 0.00000225. The van der Waals surface area contributed by atoms with Crippen LogP contribution in [0.4, 0.5) is 0 Å². The SMILES string of the molecule is C=Cc1cc[n+](Cc2ccc(C[n+]3ccc(C=C)cc3)cc2)cc1.[Cl-]. The van der Waals surface area contributed by atoms with Gasteiger partial charge in [-0.3, -0.25) is 0 Å². The fourth-order valence-electron chi connectivity index (χ4n) is 2.59. The fourth-order valence-corrected chi connectivity index (χ4v) is 2.59. The topological polar surface area (TPSA) is 7.76 Å². The third kappa shape index (κ3) is 5.13. The molecule has 0 aliphatic carbocycles. The minimum absolute atomic E-state index is 0. The number of nitrogens with zero attached hydrogens (tertiary/aromatic N) is 2. The first-order chi connectivity index (χ1) is 11.8. The summed E-state index contributed by atoms with van der Waals surface area (Å²) in [6.07, 6.45) is 12.1. The van der Waals surface area contributed by atoms with Gasteiger partial charge in [0.1, 0.15) is 0 Å². The Kier molecular flexibility index (Phi) is 6.67. The summed E-state index contributed by atoms with van der Waals surface area (Å²) < 4.78 is 4.34. The summed E-state index contributed by atoms with van der Waals surface area (Å²) in [7, 11) is 0. The van der Waals surface area contributed by atoms with E-state index in [4.69, 9.17) is 0 Å². The predicted molar refractivity (Wildman–Crippen MR) is 98.1 cm³/mol. The number of benzene rings is 1. The molecular formula is C22H22ClN2+. The van der Waals surface area contributed by atoms with Crippen LogP contribution in [0.3, 0.4) is 0 Å². The lowest BCUT2D eigenvalue weighted by Crippen LogP contribution is -3.00. The normalized spacial score (nSPS) is 9.92. The van der Waals surface area contributed by atoms with E-state index in [0.717, 1.165) is 24.2 Å². The minimum atomic E-state index is 0. The number of aromatic nitrogens is 2. The van der Waals surface area contributed by atoms with Gasteiger partial charge in [0.2, 0.25) is 0 Å². The van der Waals surface area contributed by atoms with Crippen molar-refractivity contribution in [2.24, 2.45) is 0 Å². The van der Waals surface area contributed by atoms with Crippen molar-refractivity contribution in [3.63, 3.8) is 0 Å². The van der Waals surface area contributed by atoms with E-state index in [1.54, 1.807) is 0 Å². The van der Waals surface area contributed by atoms with E-state index in [1.165, 1.54) is 11.1 Å². The maximum Gasteiger partial charge on any atom is 0.173 e. The van der Waals surface area contributed by atoms with Crippen LogP contribution in [0.25, 0.3) is 12.2 Å². The van der Waals surface area contributed by atoms with Crippen LogP contribution in [0, 0.1) is 0 Å². The molecule has 0 fully saturated rings. The average Bonchev–Trinajstić information content (AvgIpc) is 2.65. The maximum absolute atomic E-state index is 3.78. The summed E-state index contributed by atoms with van der Waals surface area (Å²) in [5, 5.41) is 0. The van der Waals surface area contributed by atoms with E-state index in [0.29, 0.717) is 0 Å². The quantitative estimate of drug-likeness (QED) is 0.577. The molecule has 1 aromatic carbocycles. The van der Waals surface area contributed by atoms with Crippen molar-refractivity contribution in [1.29, 1.82) is 0 Å². The molecule has 0 radical (unpaired) electrons. The van der Waals surface area contributed by atoms with Crippen LogP contribution < -0.4 is 21.5 Å². The second-order valence-corrected chi connectivity index (χ2v) is 5.83. The molecule has 0 aliphatic rings. The largest absolute Gasteiger partial charge is 1.00 e. The van der Waals surface area contributed by atoms with E-state index in [2.05, 4.69) is 95.6 Å². The molecule has 0 N–H and O–H groups in total. The van der Waals surface area contributed by atoms with Gasteiger partial charge in [0.25, 0.3) is 0 Å². The number of hydrogen-bond acceptors (Lipinski definition) is 0. The average molecular weight is 350 g/mol. The third-order valence-electron chi connectivity index (χ3n) is 4.06. The monoisotopic (exact) mass is 349 g/mol. The van der Waals surface area contributed by atoms with E-state index >= 15 is 0 Å². The zero-order valence-corrected chi connectivity index (χ0v) is 14.9. The fraction of sp³-hybridized carbons (Fsp3) is 0.0909. The molecule has 0 saturated heterocycles. The molecule has 0 spiro atoms. The lowest BCUT2D eigenvalue weighted by molar-refractivity contribution is -0.689. The standard InChI is InChI=1S/C22H22N2.ClH/c1-3-19-9-13-23(14-10-19)17-21-5-7-22(8-6-21)18-24-15-11-20(4-2)12-16-24;/h3-16H,1-2,17-18H2;1H/q+2;/p-1. The molecule has 3 aromatic rings. The molecular weight excluding hydrogens is 328 g/mol. The van der Waals surface area contributed by atoms with Crippen LogP contribution in [0.5, 0.6) is 0 Å². The van der Waals surface area contributed by atoms with Crippen LogP contribution in [-0.4, -0.2) is 0 Å². The molecule has 3 rings (SSSR count). The molecule has 0 unspecified atom stereocenters. The van der Waals surface area contributed by atoms with Crippen LogP contribution in [0.2, 0.25) is 0 Å². The van der Waals surface area contributed by atoms with Crippen molar-refractivity contribution < 1.29 is 21.5 Å². The van der Waals surface area contributed by atoms with E-state index in [-0.39, 0.29) is 12.4 Å². The summed E-state index contributed by atoms with van der Waals surface area (Å²) >= 11 is 0. The molecule has 0 atom stereocenters. The van der Waals surface area contributed by atoms with Crippen molar-refractivity contribution in [2.45, 2.75) is 13.1 Å². The Labute approximate surface area is 155 Å². The van der Waals surface area contributed by atoms with Gasteiger partial charge in [-0.2, -0.15) is 0 Å². The van der Waals surface area contributed by atoms with Gasteiger partial charge in [-0.15, -0.1) is 0 Å². The zero-order valence-electron chi connectivity index (χ0n) is 14.2. The highest BCUT2D eigenvalue weighted by atomic mass is 35.5. The van der Waals surface area contributed by atoms with Gasteiger partial charge >= 0.3 is 0 Å². The number of rotatable bonds is 6. The Bertz CT molecular complexity index is 747. The van der Waals surface area contributed by atoms with E-state index in [9.17, 15) is 0 Å². The Hall–Kier alpha value is -2.71. The molecule has 126 valence electrons. The van der Waals surface area contributed by atoms with Gasteiger partial charge in [-0.1, -0.05) is 49.6 Å². The molecule has 0 aliphatic heterocycles. The maximum atomic E-state index is 3.78. The summed E-state index contributed by atoms with van der Waals surface area (Å²) in [6.45, 7) is 9.31. The van der Waals surface area contributed by atoms with Gasteiger partial charge in [0.05, 0.1) is 0 Å². The Morgan fingerprint density at radius 1 is 0.600 bits per heavy atom. The molecule has 25 heavy (non-hydrogen) atoms. The second-order valence-electron chi connectivity index (χ2n) is 5.83. The van der Waals surface area contributed by atoms with Gasteiger partial charge in [-0.05, 0) is 11.1 Å². The van der Waals surface area contributed by atoms with Gasteiger partial charge in [-0.25, -0.2) is 9.13 Å². The van der Waals surface area contributed by atoms with E-state index < -0.39 is 0 Å². The predicted octanol–water partition coefficient (Wildman–Crippen LogP) is 0.648. The first kappa shape index (κ1) is 18.6. The summed E-state index contributed by atoms with van der Waals surface area (Å²) in [5.41, 5.74) is 4.87. The molecule has 2 aromatic heterocycles. The number of halogens is 1. The zero-order chi connectivity index (χ0) is 16.8. The summed E-state index contributed by atoms with van der Waals surface area (Å²) in [6, 6.07) is 17.1. The Morgan fingerprint density at radius 3 is 1.20 bits per heavy atom. The van der Waals surface area contributed by atoms with Gasteiger partial charge in [0, 0.05) is 35.4 Å². The highest BCUT2D eigenvalue weighted by Crippen LogP contribution is 2.05. The molecule has 0 bridgehead atoms. The van der Waals surface area contributed by atoms with Crippen molar-refractivity contribution in [2.75, 3.05) is 0 Å². The van der Waals surface area contributed by atoms with Crippen LogP contribution >= 0.6 is 0 Å². The molecule has 2 heterocycles. The highest BCUT2D eigenvalue weighted by molar-refractivity contribution is 5.44.